The lowest BCUT2D eigenvalue weighted by atomic mass is 9.80. The molecule has 0 radical (unpaired) electrons. The van der Waals surface area contributed by atoms with Crippen LogP contribution in [0.25, 0.3) is 0 Å². The number of piperazine rings is 1. The number of aryl methyl sites for hydroxylation is 1. The van der Waals surface area contributed by atoms with Crippen molar-refractivity contribution in [2.75, 3.05) is 19.6 Å². The van der Waals surface area contributed by atoms with Gasteiger partial charge in [-0.15, -0.1) is 0 Å². The second-order valence-corrected chi connectivity index (χ2v) is 30.5. The molecule has 1 aromatic rings. The average Bonchev–Trinajstić information content (AvgIpc) is 1.32. The van der Waals surface area contributed by atoms with Gasteiger partial charge in [-0.3, -0.25) is 19.2 Å². The third kappa shape index (κ3) is 35.4. The van der Waals surface area contributed by atoms with E-state index in [1.807, 2.05) is 18.7 Å². The van der Waals surface area contributed by atoms with E-state index in [2.05, 4.69) is 35.7 Å². The third-order valence-electron chi connectivity index (χ3n) is 22.2. The summed E-state index contributed by atoms with van der Waals surface area (Å²) in [6.45, 7) is 13.6. The molecule has 2 amide bonds. The van der Waals surface area contributed by atoms with Gasteiger partial charge in [-0.25, -0.2) is 0 Å². The zero-order valence-corrected chi connectivity index (χ0v) is 60.5. The average molecular weight is 1250 g/mol. The molecule has 2 N–H and O–H groups in total. The Kier molecular flexibility index (Phi) is 47.6. The number of carbonyl (C=O) groups is 2. The number of hydrogen-bond acceptors (Lipinski definition) is 5. The normalized spacial score (nSPS) is 25.4. The number of rotatable bonds is 7. The molecule has 3 heterocycles. The van der Waals surface area contributed by atoms with Gasteiger partial charge in [-0.1, -0.05) is 380 Å². The van der Waals surface area contributed by atoms with Gasteiger partial charge in [0.25, 0.3) is 0 Å². The molecule has 2 aliphatic heterocycles. The molecule has 89 heavy (non-hydrogen) atoms. The molecule has 0 aromatic carbocycles. The zero-order valence-electron chi connectivity index (χ0n) is 60.5. The van der Waals surface area contributed by atoms with Crippen LogP contribution in [0.2, 0.25) is 0 Å². The van der Waals surface area contributed by atoms with Crippen molar-refractivity contribution >= 4 is 11.8 Å². The van der Waals surface area contributed by atoms with Crippen LogP contribution in [0.1, 0.15) is 442 Å². The lowest BCUT2D eigenvalue weighted by Crippen LogP contribution is -2.73. The second kappa shape index (κ2) is 53.3. The van der Waals surface area contributed by atoms with Crippen LogP contribution in [-0.2, 0) is 16.1 Å². The Hall–Kier alpha value is -1.93. The maximum Gasteiger partial charge on any atom is 0.248 e. The van der Waals surface area contributed by atoms with Crippen molar-refractivity contribution in [2.45, 2.75) is 463 Å². The molecule has 1 aliphatic carbocycles. The van der Waals surface area contributed by atoms with Gasteiger partial charge in [0.05, 0.1) is 17.8 Å². The van der Waals surface area contributed by atoms with Crippen molar-refractivity contribution < 1.29 is 14.7 Å². The van der Waals surface area contributed by atoms with Crippen molar-refractivity contribution in [3.05, 3.63) is 17.0 Å². The van der Waals surface area contributed by atoms with Crippen molar-refractivity contribution in [3.8, 4) is 0 Å². The maximum absolute atomic E-state index is 15.0. The molecule has 1 unspecified atom stereocenters. The molecule has 8 nitrogen and oxygen atoms in total. The quantitative estimate of drug-likeness (QED) is 0.284. The van der Waals surface area contributed by atoms with Crippen LogP contribution in [0, 0.1) is 19.8 Å². The van der Waals surface area contributed by atoms with Crippen LogP contribution in [0.4, 0.5) is 0 Å². The third-order valence-corrected chi connectivity index (χ3v) is 22.2. The molecule has 3 aliphatic rings. The predicted octanol–water partition coefficient (Wildman–Crippen LogP) is 24.2. The highest BCUT2D eigenvalue weighted by atomic mass is 16.3. The van der Waals surface area contributed by atoms with Gasteiger partial charge < -0.3 is 15.3 Å². The smallest absolute Gasteiger partial charge is 0.248 e. The summed E-state index contributed by atoms with van der Waals surface area (Å²) in [6.07, 6.45) is 83.2. The van der Waals surface area contributed by atoms with E-state index in [-0.39, 0.29) is 17.7 Å². The number of nitrogens with zero attached hydrogens (tertiary/aromatic N) is 4. The van der Waals surface area contributed by atoms with Crippen molar-refractivity contribution in [1.29, 1.82) is 0 Å². The molecule has 8 heteroatoms. The van der Waals surface area contributed by atoms with Crippen molar-refractivity contribution in [1.82, 2.24) is 24.9 Å². The summed E-state index contributed by atoms with van der Waals surface area (Å²) < 4.78 is 2.37. The van der Waals surface area contributed by atoms with Crippen LogP contribution in [0.15, 0.2) is 0 Å². The summed E-state index contributed by atoms with van der Waals surface area (Å²) in [5.41, 5.74) is 2.89. The first kappa shape index (κ1) is 79.5. The molecule has 3 atom stereocenters. The zero-order chi connectivity index (χ0) is 63.5. The Morgan fingerprint density at radius 2 is 0.742 bits per heavy atom. The summed E-state index contributed by atoms with van der Waals surface area (Å²) in [7, 11) is 0. The maximum atomic E-state index is 15.0. The standard InChI is InChI=1S/C81H153N5O3/c1-6-68-85-79(88)77(78(87)72(2)3)82-80(89)81(85)66-62-57-55-53-51-49-47-45-43-41-39-37-35-33-31-29-27-25-23-21-19-17-15-13-11-9-7-8-10-12-14-16-18-20-22-24-26-28-30-32-34-36-38-40-42-44-46-48-50-52-54-56-58-63-69-84(70-67-81)71-76-73(4)83-86(74(76)5)75-64-60-59-61-65-75/h72,75,77-78,87H,6-71H2,1-5H3,(H,82,89)/t77-,78-,81?/m1/s1. The lowest BCUT2D eigenvalue weighted by Gasteiger charge is -2.50. The number of aliphatic hydroxyl groups excluding tert-OH is 1. The molecule has 3 fully saturated rings. The largest absolute Gasteiger partial charge is 0.390 e. The van der Waals surface area contributed by atoms with Crippen molar-refractivity contribution in [3.63, 3.8) is 0 Å². The summed E-state index contributed by atoms with van der Waals surface area (Å²) in [5, 5.41) is 19.7. The van der Waals surface area contributed by atoms with Crippen LogP contribution in [0.5, 0.6) is 0 Å². The number of hydrogen-bond donors (Lipinski definition) is 2. The Balaban J connectivity index is 1.26. The molecule has 1 aromatic heterocycles. The van der Waals surface area contributed by atoms with Crippen LogP contribution in [-0.4, -0.2) is 73.8 Å². The minimum absolute atomic E-state index is 0.0476. The summed E-state index contributed by atoms with van der Waals surface area (Å²) in [4.78, 5) is 34.2. The monoisotopic (exact) mass is 1240 g/mol. The van der Waals surface area contributed by atoms with Gasteiger partial charge in [0.1, 0.15) is 11.6 Å². The Bertz CT molecular complexity index is 1810. The Labute approximate surface area is 554 Å². The number of nitrogens with one attached hydrogen (secondary N) is 1. The molecular weight excluding hydrogens is 1090 g/mol. The van der Waals surface area contributed by atoms with Gasteiger partial charge in [-0.05, 0) is 64.8 Å². The van der Waals surface area contributed by atoms with E-state index in [1.165, 1.54) is 371 Å². The number of amides is 2. The molecular formula is C81H153N5O3. The minimum Gasteiger partial charge on any atom is -0.390 e. The SMILES string of the molecule is CCCN1C(=O)[C@@H]([C@H](O)C(C)C)NC(=O)C12CCCCCCCCCCCCCCCCCCCCCCCCCCCCCCCCCCCCCCCCCCCCCCCCCCCCCCCCN(Cc1c(C)nn(C3CCCCC3)c1C)CC2. The first-order valence-corrected chi connectivity index (χ1v) is 40.8. The molecule has 0 bridgehead atoms. The van der Waals surface area contributed by atoms with E-state index in [0.29, 0.717) is 25.4 Å². The van der Waals surface area contributed by atoms with Crippen molar-refractivity contribution in [2.24, 2.45) is 5.92 Å². The van der Waals surface area contributed by atoms with Gasteiger partial charge in [0.15, 0.2) is 0 Å². The van der Waals surface area contributed by atoms with Gasteiger partial charge in [-0.2, -0.15) is 5.10 Å². The van der Waals surface area contributed by atoms with E-state index in [1.54, 1.807) is 0 Å². The lowest BCUT2D eigenvalue weighted by molar-refractivity contribution is -0.163. The van der Waals surface area contributed by atoms with E-state index in [4.69, 9.17) is 5.10 Å². The first-order valence-electron chi connectivity index (χ1n) is 40.8. The highest BCUT2D eigenvalue weighted by Gasteiger charge is 2.53. The fraction of sp³-hybridized carbons (Fsp3) is 0.938. The van der Waals surface area contributed by atoms with Crippen LogP contribution >= 0.6 is 0 Å². The molecule has 4 rings (SSSR count). The highest BCUT2D eigenvalue weighted by Crippen LogP contribution is 2.36. The van der Waals surface area contributed by atoms with E-state index < -0.39 is 17.7 Å². The highest BCUT2D eigenvalue weighted by molar-refractivity contribution is 6.00. The first-order chi connectivity index (χ1) is 43.7. The molecule has 1 spiro atoms. The molecule has 2 saturated heterocycles. The summed E-state index contributed by atoms with van der Waals surface area (Å²) in [6, 6.07) is -0.396. The minimum atomic E-state index is -0.922. The molecule has 1 saturated carbocycles. The van der Waals surface area contributed by atoms with E-state index >= 15 is 0 Å². The number of carbonyl (C=O) groups excluding carboxylic acids is 2. The van der Waals surface area contributed by atoms with Gasteiger partial charge >= 0.3 is 0 Å². The molecule has 520 valence electrons. The van der Waals surface area contributed by atoms with Crippen LogP contribution < -0.4 is 5.32 Å². The summed E-state index contributed by atoms with van der Waals surface area (Å²) >= 11 is 0. The van der Waals surface area contributed by atoms with E-state index in [9.17, 15) is 14.7 Å². The second-order valence-electron chi connectivity index (χ2n) is 30.5. The fourth-order valence-corrected chi connectivity index (χ4v) is 16.0. The van der Waals surface area contributed by atoms with Crippen LogP contribution in [0.3, 0.4) is 0 Å². The predicted molar refractivity (Wildman–Crippen MR) is 385 cm³/mol. The number of aliphatic hydroxyl groups is 1. The Morgan fingerprint density at radius 1 is 0.438 bits per heavy atom. The number of aromatic nitrogens is 2. The van der Waals surface area contributed by atoms with Gasteiger partial charge in [0, 0.05) is 30.9 Å². The van der Waals surface area contributed by atoms with Gasteiger partial charge in [0.2, 0.25) is 11.8 Å². The Morgan fingerprint density at radius 3 is 1.06 bits per heavy atom. The van der Waals surface area contributed by atoms with E-state index in [0.717, 1.165) is 51.0 Å². The fourth-order valence-electron chi connectivity index (χ4n) is 16.0. The summed E-state index contributed by atoms with van der Waals surface area (Å²) in [5.74, 6) is -0.274. The topological polar surface area (TPSA) is 90.7 Å².